The van der Waals surface area contributed by atoms with E-state index in [0.29, 0.717) is 0 Å². The summed E-state index contributed by atoms with van der Waals surface area (Å²) in [6.07, 6.45) is 9.65. The number of nitrogens with one attached hydrogen (secondary N) is 1. The van der Waals surface area contributed by atoms with Gasteiger partial charge in [-0.2, -0.15) is 0 Å². The van der Waals surface area contributed by atoms with Crippen molar-refractivity contribution in [2.24, 2.45) is 11.8 Å². The summed E-state index contributed by atoms with van der Waals surface area (Å²) in [4.78, 5) is 2.71. The third-order valence-electron chi connectivity index (χ3n) is 4.48. The van der Waals surface area contributed by atoms with Crippen molar-refractivity contribution in [2.45, 2.75) is 78.7 Å². The lowest BCUT2D eigenvalue weighted by molar-refractivity contribution is 0.232. The minimum Gasteiger partial charge on any atom is -0.314 e. The van der Waals surface area contributed by atoms with Crippen LogP contribution in [-0.4, -0.2) is 37.1 Å². The van der Waals surface area contributed by atoms with Gasteiger partial charge in [-0.05, 0) is 76.5 Å². The van der Waals surface area contributed by atoms with Gasteiger partial charge in [-0.3, -0.25) is 0 Å². The van der Waals surface area contributed by atoms with Crippen molar-refractivity contribution in [2.75, 3.05) is 26.2 Å². The molecule has 0 amide bonds. The summed E-state index contributed by atoms with van der Waals surface area (Å²) < 4.78 is 0. The molecule has 0 bridgehead atoms. The molecule has 1 N–H and O–H groups in total. The van der Waals surface area contributed by atoms with E-state index in [0.717, 1.165) is 17.9 Å². The molecule has 1 fully saturated rings. The molecule has 0 aromatic rings. The SMILES string of the molecule is CC(C)CCN(CCCC1CCCCN1)CCC(C)C. The van der Waals surface area contributed by atoms with Crippen molar-refractivity contribution in [1.29, 1.82) is 0 Å². The van der Waals surface area contributed by atoms with Gasteiger partial charge in [0.25, 0.3) is 0 Å². The zero-order chi connectivity index (χ0) is 14.8. The summed E-state index contributed by atoms with van der Waals surface area (Å²) in [5.74, 6) is 1.66. The van der Waals surface area contributed by atoms with Gasteiger partial charge in [0.05, 0.1) is 0 Å². The standard InChI is InChI=1S/C18H38N2/c1-16(2)10-14-20(15-11-17(3)4)13-7-9-18-8-5-6-12-19-18/h16-19H,5-15H2,1-4H3. The Hall–Kier alpha value is -0.0800. The fourth-order valence-corrected chi connectivity index (χ4v) is 2.95. The normalized spacial score (nSPS) is 20.2. The Morgan fingerprint density at radius 2 is 1.60 bits per heavy atom. The number of hydrogen-bond acceptors (Lipinski definition) is 2. The van der Waals surface area contributed by atoms with Crippen LogP contribution in [-0.2, 0) is 0 Å². The molecule has 20 heavy (non-hydrogen) atoms. The lowest BCUT2D eigenvalue weighted by atomic mass is 10.0. The first-order chi connectivity index (χ1) is 9.58. The Labute approximate surface area is 127 Å². The zero-order valence-corrected chi connectivity index (χ0v) is 14.5. The van der Waals surface area contributed by atoms with Gasteiger partial charge in [0.15, 0.2) is 0 Å². The van der Waals surface area contributed by atoms with Crippen LogP contribution < -0.4 is 5.32 Å². The average molecular weight is 283 g/mol. The number of hydrogen-bond donors (Lipinski definition) is 1. The lowest BCUT2D eigenvalue weighted by Crippen LogP contribution is -2.35. The van der Waals surface area contributed by atoms with Crippen molar-refractivity contribution in [1.82, 2.24) is 10.2 Å². The number of rotatable bonds is 10. The summed E-state index contributed by atoms with van der Waals surface area (Å²) in [7, 11) is 0. The van der Waals surface area contributed by atoms with Crippen LogP contribution in [0.25, 0.3) is 0 Å². The van der Waals surface area contributed by atoms with Crippen LogP contribution in [0, 0.1) is 11.8 Å². The predicted molar refractivity (Wildman–Crippen MR) is 90.2 cm³/mol. The van der Waals surface area contributed by atoms with Gasteiger partial charge in [0.1, 0.15) is 0 Å². The second-order valence-electron chi connectivity index (χ2n) is 7.50. The van der Waals surface area contributed by atoms with Crippen LogP contribution in [0.5, 0.6) is 0 Å². The number of piperidine rings is 1. The molecule has 1 saturated heterocycles. The highest BCUT2D eigenvalue weighted by molar-refractivity contribution is 4.73. The summed E-state index contributed by atoms with van der Waals surface area (Å²) in [6.45, 7) is 14.5. The summed E-state index contributed by atoms with van der Waals surface area (Å²) in [5.41, 5.74) is 0. The highest BCUT2D eigenvalue weighted by Gasteiger charge is 2.13. The zero-order valence-electron chi connectivity index (χ0n) is 14.5. The third-order valence-corrected chi connectivity index (χ3v) is 4.48. The van der Waals surface area contributed by atoms with E-state index in [1.807, 2.05) is 0 Å². The first-order valence-electron chi connectivity index (χ1n) is 9.03. The van der Waals surface area contributed by atoms with E-state index in [9.17, 15) is 0 Å². The first-order valence-corrected chi connectivity index (χ1v) is 9.03. The smallest absolute Gasteiger partial charge is 0.00675 e. The van der Waals surface area contributed by atoms with E-state index < -0.39 is 0 Å². The molecule has 1 heterocycles. The highest BCUT2D eigenvalue weighted by Crippen LogP contribution is 2.13. The molecular formula is C18H38N2. The summed E-state index contributed by atoms with van der Waals surface area (Å²) >= 11 is 0. The molecule has 0 aromatic carbocycles. The van der Waals surface area contributed by atoms with Crippen molar-refractivity contribution in [3.63, 3.8) is 0 Å². The van der Waals surface area contributed by atoms with Gasteiger partial charge in [-0.15, -0.1) is 0 Å². The monoisotopic (exact) mass is 282 g/mol. The topological polar surface area (TPSA) is 15.3 Å². The Balaban J connectivity index is 2.19. The van der Waals surface area contributed by atoms with Gasteiger partial charge >= 0.3 is 0 Å². The van der Waals surface area contributed by atoms with Gasteiger partial charge in [-0.25, -0.2) is 0 Å². The van der Waals surface area contributed by atoms with E-state index in [4.69, 9.17) is 0 Å². The lowest BCUT2D eigenvalue weighted by Gasteiger charge is -2.27. The quantitative estimate of drug-likeness (QED) is 0.642. The fourth-order valence-electron chi connectivity index (χ4n) is 2.95. The molecule has 0 aromatic heterocycles. The first kappa shape index (κ1) is 18.0. The van der Waals surface area contributed by atoms with Crippen LogP contribution in [0.3, 0.4) is 0 Å². The van der Waals surface area contributed by atoms with E-state index in [2.05, 4.69) is 37.9 Å². The maximum Gasteiger partial charge on any atom is 0.00675 e. The molecule has 0 spiro atoms. The van der Waals surface area contributed by atoms with E-state index in [-0.39, 0.29) is 0 Å². The second-order valence-corrected chi connectivity index (χ2v) is 7.50. The molecular weight excluding hydrogens is 244 g/mol. The molecule has 0 aliphatic carbocycles. The molecule has 1 atom stereocenters. The average Bonchev–Trinajstić information content (AvgIpc) is 2.42. The Morgan fingerprint density at radius 1 is 0.950 bits per heavy atom. The second kappa shape index (κ2) is 10.6. The van der Waals surface area contributed by atoms with Crippen LogP contribution >= 0.6 is 0 Å². The van der Waals surface area contributed by atoms with E-state index in [1.54, 1.807) is 0 Å². The molecule has 0 radical (unpaired) electrons. The van der Waals surface area contributed by atoms with Crippen molar-refractivity contribution in [3.05, 3.63) is 0 Å². The largest absolute Gasteiger partial charge is 0.314 e. The van der Waals surface area contributed by atoms with E-state index >= 15 is 0 Å². The fraction of sp³-hybridized carbons (Fsp3) is 1.00. The van der Waals surface area contributed by atoms with Crippen molar-refractivity contribution < 1.29 is 0 Å². The highest BCUT2D eigenvalue weighted by atomic mass is 15.1. The molecule has 1 aliphatic heterocycles. The van der Waals surface area contributed by atoms with Crippen LogP contribution in [0.4, 0.5) is 0 Å². The summed E-state index contributed by atoms with van der Waals surface area (Å²) in [5, 5.41) is 3.67. The van der Waals surface area contributed by atoms with Crippen LogP contribution in [0.15, 0.2) is 0 Å². The van der Waals surface area contributed by atoms with Gasteiger partial charge in [0, 0.05) is 6.04 Å². The van der Waals surface area contributed by atoms with Crippen LogP contribution in [0.2, 0.25) is 0 Å². The summed E-state index contributed by atoms with van der Waals surface area (Å²) in [6, 6.07) is 0.806. The molecule has 0 saturated carbocycles. The predicted octanol–water partition coefficient (Wildman–Crippen LogP) is 4.30. The van der Waals surface area contributed by atoms with Gasteiger partial charge in [0.2, 0.25) is 0 Å². The molecule has 1 rings (SSSR count). The van der Waals surface area contributed by atoms with E-state index in [1.165, 1.54) is 71.1 Å². The van der Waals surface area contributed by atoms with Crippen LogP contribution in [0.1, 0.15) is 72.6 Å². The Morgan fingerprint density at radius 3 is 2.10 bits per heavy atom. The molecule has 120 valence electrons. The molecule has 2 nitrogen and oxygen atoms in total. The van der Waals surface area contributed by atoms with Gasteiger partial charge in [-0.1, -0.05) is 34.1 Å². The number of nitrogens with zero attached hydrogens (tertiary/aromatic N) is 1. The molecule has 1 aliphatic rings. The van der Waals surface area contributed by atoms with Crippen molar-refractivity contribution in [3.8, 4) is 0 Å². The molecule has 1 unspecified atom stereocenters. The molecule has 2 heteroatoms. The maximum atomic E-state index is 3.67. The maximum absolute atomic E-state index is 3.67. The Kier molecular flexibility index (Phi) is 9.54. The minimum atomic E-state index is 0.806. The van der Waals surface area contributed by atoms with Gasteiger partial charge < -0.3 is 10.2 Å². The third kappa shape index (κ3) is 8.97. The Bertz CT molecular complexity index is 207. The minimum absolute atomic E-state index is 0.806. The van der Waals surface area contributed by atoms with Crippen molar-refractivity contribution >= 4 is 0 Å².